The zero-order chi connectivity index (χ0) is 24.6. The van der Waals surface area contributed by atoms with Crippen LogP contribution >= 0.6 is 23.2 Å². The highest BCUT2D eigenvalue weighted by Crippen LogP contribution is 2.33. The van der Waals surface area contributed by atoms with Gasteiger partial charge in [-0.3, -0.25) is 5.32 Å². The molecule has 0 saturated heterocycles. The van der Waals surface area contributed by atoms with Gasteiger partial charge in [0.2, 0.25) is 0 Å². The van der Waals surface area contributed by atoms with Gasteiger partial charge in [0.15, 0.2) is 0 Å². The number of hydrogen-bond acceptors (Lipinski definition) is 4. The van der Waals surface area contributed by atoms with Gasteiger partial charge in [0.05, 0.1) is 27.2 Å². The van der Waals surface area contributed by atoms with E-state index in [1.807, 2.05) is 20.8 Å². The molecule has 2 rings (SSSR count). The van der Waals surface area contributed by atoms with Crippen molar-refractivity contribution in [3.05, 3.63) is 57.7 Å². The first kappa shape index (κ1) is 26.5. The Morgan fingerprint density at radius 1 is 1.36 bits per heavy atom. The van der Waals surface area contributed by atoms with Crippen LogP contribution in [0.25, 0.3) is 6.20 Å². The zero-order valence-corrected chi connectivity index (χ0v) is 20.8. The molecule has 0 radical (unpaired) electrons. The second-order valence-corrected chi connectivity index (χ2v) is 8.55. The van der Waals surface area contributed by atoms with E-state index < -0.39 is 11.4 Å². The summed E-state index contributed by atoms with van der Waals surface area (Å²) >= 11 is 12.4. The largest absolute Gasteiger partial charge is 0.385 e. The first-order chi connectivity index (χ1) is 15.7. The van der Waals surface area contributed by atoms with Crippen LogP contribution in [0.5, 0.6) is 0 Å². The van der Waals surface area contributed by atoms with E-state index in [4.69, 9.17) is 27.9 Å². The van der Waals surface area contributed by atoms with E-state index in [-0.39, 0.29) is 0 Å². The molecule has 0 spiro atoms. The van der Waals surface area contributed by atoms with E-state index in [2.05, 4.69) is 28.4 Å². The van der Waals surface area contributed by atoms with Crippen LogP contribution in [0.4, 0.5) is 16.3 Å². The summed E-state index contributed by atoms with van der Waals surface area (Å²) in [5.74, 6) is 0.455. The van der Waals surface area contributed by atoms with Crippen LogP contribution in [-0.2, 0) is 16.6 Å². The lowest BCUT2D eigenvalue weighted by molar-refractivity contribution is 0.195. The molecule has 9 heteroatoms. The molecule has 0 aliphatic heterocycles. The van der Waals surface area contributed by atoms with Gasteiger partial charge < -0.3 is 10.1 Å². The number of nitrogens with zero attached hydrogens (tertiary/aromatic N) is 3. The number of halogens is 2. The highest BCUT2D eigenvalue weighted by molar-refractivity contribution is 6.42. The van der Waals surface area contributed by atoms with Crippen LogP contribution in [0.2, 0.25) is 10.0 Å². The molecule has 1 aromatic carbocycles. The number of allylic oxidation sites excluding steroid dienone is 2. The highest BCUT2D eigenvalue weighted by Gasteiger charge is 2.32. The van der Waals surface area contributed by atoms with Crippen LogP contribution in [0.15, 0.2) is 30.9 Å². The summed E-state index contributed by atoms with van der Waals surface area (Å²) in [5, 5.41) is 20.8. The van der Waals surface area contributed by atoms with Crippen molar-refractivity contribution in [1.82, 2.24) is 9.78 Å². The van der Waals surface area contributed by atoms with Gasteiger partial charge in [0.1, 0.15) is 5.82 Å². The molecule has 0 fully saturated rings. The summed E-state index contributed by atoms with van der Waals surface area (Å²) < 4.78 is 6.65. The maximum Gasteiger partial charge on any atom is 0.324 e. The Bertz CT molecular complexity index is 1090. The lowest BCUT2D eigenvalue weighted by Gasteiger charge is -2.17. The molecule has 2 N–H and O–H groups in total. The molecule has 7 nitrogen and oxygen atoms in total. The van der Waals surface area contributed by atoms with Crippen molar-refractivity contribution in [3.8, 4) is 6.07 Å². The SMILES string of the molecule is C=CC=Cn1nc(C(C)(C#N)CC)c(C)c1NC(=O)Nc1cc(Cl)c(Cl)cc1CCCOC. The van der Waals surface area contributed by atoms with Gasteiger partial charge in [0.25, 0.3) is 0 Å². The number of urea groups is 1. The molecular weight excluding hydrogens is 461 g/mol. The van der Waals surface area contributed by atoms with Crippen LogP contribution in [-0.4, -0.2) is 29.5 Å². The van der Waals surface area contributed by atoms with Gasteiger partial charge in [-0.25, -0.2) is 9.48 Å². The third-order valence-corrected chi connectivity index (χ3v) is 6.13. The predicted molar refractivity (Wildman–Crippen MR) is 135 cm³/mol. The molecular formula is C24H29Cl2N5O2. The van der Waals surface area contributed by atoms with Gasteiger partial charge in [-0.15, -0.1) is 0 Å². The van der Waals surface area contributed by atoms with Gasteiger partial charge in [0, 0.05) is 31.2 Å². The summed E-state index contributed by atoms with van der Waals surface area (Å²) in [6, 6.07) is 5.23. The fourth-order valence-electron chi connectivity index (χ4n) is 3.32. The first-order valence-corrected chi connectivity index (χ1v) is 11.3. The van der Waals surface area contributed by atoms with E-state index in [0.29, 0.717) is 52.3 Å². The highest BCUT2D eigenvalue weighted by atomic mass is 35.5. The number of nitriles is 1. The first-order valence-electron chi connectivity index (χ1n) is 10.6. The summed E-state index contributed by atoms with van der Waals surface area (Å²) in [6.45, 7) is 9.84. The minimum atomic E-state index is -0.789. The number of methoxy groups -OCH3 is 1. The Morgan fingerprint density at radius 3 is 2.67 bits per heavy atom. The molecule has 33 heavy (non-hydrogen) atoms. The van der Waals surface area contributed by atoms with E-state index in [1.165, 1.54) is 4.68 Å². The molecule has 0 aliphatic carbocycles. The lowest BCUT2D eigenvalue weighted by atomic mass is 9.84. The number of rotatable bonds is 10. The van der Waals surface area contributed by atoms with Gasteiger partial charge in [-0.1, -0.05) is 42.8 Å². The number of benzene rings is 1. The van der Waals surface area contributed by atoms with Crippen LogP contribution < -0.4 is 10.6 Å². The van der Waals surface area contributed by atoms with Gasteiger partial charge >= 0.3 is 6.03 Å². The summed E-state index contributed by atoms with van der Waals surface area (Å²) in [7, 11) is 1.64. The summed E-state index contributed by atoms with van der Waals surface area (Å²) in [5.41, 5.74) is 1.92. The minimum absolute atomic E-state index is 0.340. The molecule has 1 aromatic heterocycles. The molecule has 2 aromatic rings. The minimum Gasteiger partial charge on any atom is -0.385 e. The number of amides is 2. The maximum absolute atomic E-state index is 13.0. The fraction of sp³-hybridized carbons (Fsp3) is 0.375. The lowest BCUT2D eigenvalue weighted by Crippen LogP contribution is -2.22. The Balaban J connectivity index is 2.38. The number of aromatic nitrogens is 2. The fourth-order valence-corrected chi connectivity index (χ4v) is 3.67. The monoisotopic (exact) mass is 489 g/mol. The van der Waals surface area contributed by atoms with E-state index in [0.717, 1.165) is 12.0 Å². The zero-order valence-electron chi connectivity index (χ0n) is 19.3. The molecule has 0 aliphatic rings. The Labute approximate surface area is 205 Å². The van der Waals surface area contributed by atoms with Crippen molar-refractivity contribution in [2.75, 3.05) is 24.4 Å². The van der Waals surface area contributed by atoms with E-state index in [1.54, 1.807) is 37.6 Å². The van der Waals surface area contributed by atoms with Gasteiger partial charge in [-0.05, 0) is 56.9 Å². The normalized spacial score (nSPS) is 12.9. The second-order valence-electron chi connectivity index (χ2n) is 7.74. The number of carbonyl (C=O) groups is 1. The Kier molecular flexibility index (Phi) is 9.54. The molecule has 0 bridgehead atoms. The second kappa shape index (κ2) is 11.9. The number of carbonyl (C=O) groups excluding carboxylic acids is 1. The average molecular weight is 490 g/mol. The average Bonchev–Trinajstić information content (AvgIpc) is 3.10. The number of nitrogens with one attached hydrogen (secondary N) is 2. The van der Waals surface area contributed by atoms with Crippen LogP contribution in [0, 0.1) is 18.3 Å². The van der Waals surface area contributed by atoms with E-state index >= 15 is 0 Å². The third-order valence-electron chi connectivity index (χ3n) is 5.41. The molecule has 2 amide bonds. The number of hydrogen-bond donors (Lipinski definition) is 2. The van der Waals surface area contributed by atoms with E-state index in [9.17, 15) is 10.1 Å². The van der Waals surface area contributed by atoms with Crippen LogP contribution in [0.1, 0.15) is 43.5 Å². The molecule has 176 valence electrons. The number of ether oxygens (including phenoxy) is 1. The number of anilines is 2. The smallest absolute Gasteiger partial charge is 0.324 e. The van der Waals surface area contributed by atoms with Crippen molar-refractivity contribution in [2.24, 2.45) is 0 Å². The quantitative estimate of drug-likeness (QED) is 0.291. The topological polar surface area (TPSA) is 92.0 Å². The van der Waals surface area contributed by atoms with Crippen LogP contribution in [0.3, 0.4) is 0 Å². The van der Waals surface area contributed by atoms with Crippen molar-refractivity contribution in [1.29, 1.82) is 5.26 Å². The molecule has 1 heterocycles. The molecule has 1 atom stereocenters. The van der Waals surface area contributed by atoms with Crippen molar-refractivity contribution < 1.29 is 9.53 Å². The molecule has 1 unspecified atom stereocenters. The van der Waals surface area contributed by atoms with Crippen molar-refractivity contribution in [2.45, 2.75) is 45.4 Å². The Morgan fingerprint density at radius 2 is 2.06 bits per heavy atom. The summed E-state index contributed by atoms with van der Waals surface area (Å²) in [4.78, 5) is 13.0. The van der Waals surface area contributed by atoms with Crippen molar-refractivity contribution >= 4 is 46.9 Å². The Hall–Kier alpha value is -2.79. The standard InChI is InChI=1S/C24H29Cl2N5O2/c1-6-8-11-31-22(16(3)21(30-31)24(4,7-2)15-27)29-23(32)28-20-14-19(26)18(25)13-17(20)10-9-12-33-5/h6,8,11,13-14H,1,7,9-10,12H2,2-5H3,(H2,28,29,32). The summed E-state index contributed by atoms with van der Waals surface area (Å²) in [6.07, 6.45) is 6.96. The number of aryl methyl sites for hydroxylation is 1. The van der Waals surface area contributed by atoms with Crippen molar-refractivity contribution in [3.63, 3.8) is 0 Å². The predicted octanol–water partition coefficient (Wildman–Crippen LogP) is 6.57. The maximum atomic E-state index is 13.0. The molecule has 0 saturated carbocycles. The third kappa shape index (κ3) is 6.38. The van der Waals surface area contributed by atoms with Gasteiger partial charge in [-0.2, -0.15) is 10.4 Å².